The van der Waals surface area contributed by atoms with Gasteiger partial charge in [-0.05, 0) is 43.2 Å². The van der Waals surface area contributed by atoms with Gasteiger partial charge in [0.2, 0.25) is 5.91 Å². The van der Waals surface area contributed by atoms with Crippen molar-refractivity contribution in [1.29, 1.82) is 0 Å². The summed E-state index contributed by atoms with van der Waals surface area (Å²) in [6.45, 7) is 1.56. The second kappa shape index (κ2) is 8.68. The molecule has 1 aliphatic heterocycles. The molecule has 1 aliphatic carbocycles. The van der Waals surface area contributed by atoms with Crippen LogP contribution in [-0.2, 0) is 9.59 Å². The molecule has 168 valence electrons. The standard InChI is InChI=1S/C24H25F2N3O3/c1-2-15-8-10-24(11-9-15)22(31)29(23(32)28-24)14-20(30)27-21-18(12-17(25)13-19(21)26)16-6-4-3-5-7-16/h3-7,12-13,15H,2,8-11,14H2,1H3,(H,27,30)(H,28,32). The first-order chi connectivity index (χ1) is 15.3. The van der Waals surface area contributed by atoms with Crippen LogP contribution in [0.1, 0.15) is 39.0 Å². The van der Waals surface area contributed by atoms with Crippen molar-refractivity contribution >= 4 is 23.5 Å². The Morgan fingerprint density at radius 1 is 1.16 bits per heavy atom. The van der Waals surface area contributed by atoms with Crippen LogP contribution in [0.2, 0.25) is 0 Å². The van der Waals surface area contributed by atoms with Gasteiger partial charge in [0, 0.05) is 11.6 Å². The average Bonchev–Trinajstić information content (AvgIpc) is 3.00. The third-order valence-electron chi connectivity index (χ3n) is 6.49. The van der Waals surface area contributed by atoms with Crippen molar-refractivity contribution in [3.8, 4) is 11.1 Å². The van der Waals surface area contributed by atoms with Gasteiger partial charge in [-0.2, -0.15) is 0 Å². The molecular weight excluding hydrogens is 416 g/mol. The van der Waals surface area contributed by atoms with Crippen LogP contribution in [0.3, 0.4) is 0 Å². The summed E-state index contributed by atoms with van der Waals surface area (Å²) in [5.41, 5.74) is -0.474. The third kappa shape index (κ3) is 4.09. The number of nitrogens with one attached hydrogen (secondary N) is 2. The molecule has 0 atom stereocenters. The molecule has 0 aromatic heterocycles. The Morgan fingerprint density at radius 2 is 1.84 bits per heavy atom. The van der Waals surface area contributed by atoms with Crippen LogP contribution >= 0.6 is 0 Å². The van der Waals surface area contributed by atoms with Gasteiger partial charge in [0.05, 0.1) is 5.69 Å². The van der Waals surface area contributed by atoms with E-state index in [9.17, 15) is 23.2 Å². The van der Waals surface area contributed by atoms with Gasteiger partial charge in [-0.25, -0.2) is 13.6 Å². The van der Waals surface area contributed by atoms with Crippen molar-refractivity contribution < 1.29 is 23.2 Å². The monoisotopic (exact) mass is 441 g/mol. The van der Waals surface area contributed by atoms with E-state index in [2.05, 4.69) is 17.6 Å². The SMILES string of the molecule is CCC1CCC2(CC1)NC(=O)N(CC(=O)Nc1c(F)cc(F)cc1-c1ccccc1)C2=O. The Kier molecular flexibility index (Phi) is 5.95. The van der Waals surface area contributed by atoms with Crippen LogP contribution in [0.5, 0.6) is 0 Å². The van der Waals surface area contributed by atoms with E-state index in [1.54, 1.807) is 30.3 Å². The first-order valence-electron chi connectivity index (χ1n) is 10.8. The second-order valence-corrected chi connectivity index (χ2v) is 8.48. The summed E-state index contributed by atoms with van der Waals surface area (Å²) in [6, 6.07) is 9.70. The number of halogens is 2. The molecule has 1 heterocycles. The Labute approximate surface area is 185 Å². The van der Waals surface area contributed by atoms with Gasteiger partial charge in [0.15, 0.2) is 0 Å². The van der Waals surface area contributed by atoms with Crippen LogP contribution in [0, 0.1) is 17.6 Å². The number of rotatable bonds is 5. The number of hydrogen-bond donors (Lipinski definition) is 2. The normalized spacial score (nSPS) is 22.8. The maximum absolute atomic E-state index is 14.6. The van der Waals surface area contributed by atoms with E-state index < -0.39 is 41.6 Å². The number of carbonyl (C=O) groups is 3. The zero-order valence-corrected chi connectivity index (χ0v) is 17.8. The van der Waals surface area contributed by atoms with E-state index in [-0.39, 0.29) is 11.3 Å². The number of carbonyl (C=O) groups excluding carboxylic acids is 3. The minimum Gasteiger partial charge on any atom is -0.323 e. The van der Waals surface area contributed by atoms with E-state index in [0.29, 0.717) is 30.4 Å². The number of benzene rings is 2. The highest BCUT2D eigenvalue weighted by Crippen LogP contribution is 2.38. The molecule has 2 aromatic carbocycles. The predicted molar refractivity (Wildman–Crippen MR) is 116 cm³/mol. The predicted octanol–water partition coefficient (Wildman–Crippen LogP) is 4.46. The zero-order chi connectivity index (χ0) is 22.9. The first kappa shape index (κ1) is 21.9. The number of nitrogens with zero attached hydrogens (tertiary/aromatic N) is 1. The Hall–Kier alpha value is -3.29. The van der Waals surface area contributed by atoms with Crippen molar-refractivity contribution in [2.24, 2.45) is 5.92 Å². The van der Waals surface area contributed by atoms with Gasteiger partial charge in [-0.1, -0.05) is 43.7 Å². The zero-order valence-electron chi connectivity index (χ0n) is 17.8. The molecule has 4 rings (SSSR count). The topological polar surface area (TPSA) is 78.5 Å². The van der Waals surface area contributed by atoms with Gasteiger partial charge in [-0.3, -0.25) is 14.5 Å². The summed E-state index contributed by atoms with van der Waals surface area (Å²) >= 11 is 0. The summed E-state index contributed by atoms with van der Waals surface area (Å²) in [5, 5.41) is 5.20. The number of urea groups is 1. The minimum absolute atomic E-state index is 0.169. The molecular formula is C24H25F2N3O3. The number of hydrogen-bond acceptors (Lipinski definition) is 3. The lowest BCUT2D eigenvalue weighted by Gasteiger charge is -2.34. The molecule has 1 spiro atoms. The molecule has 2 aromatic rings. The second-order valence-electron chi connectivity index (χ2n) is 8.48. The Bertz CT molecular complexity index is 1050. The summed E-state index contributed by atoms with van der Waals surface area (Å²) in [4.78, 5) is 39.1. The minimum atomic E-state index is -0.959. The maximum atomic E-state index is 14.6. The highest BCUT2D eigenvalue weighted by molar-refractivity contribution is 6.10. The molecule has 2 fully saturated rings. The van der Waals surface area contributed by atoms with Crippen LogP contribution in [0.4, 0.5) is 19.3 Å². The smallest absolute Gasteiger partial charge is 0.323 e. The summed E-state index contributed by atoms with van der Waals surface area (Å²) < 4.78 is 28.4. The lowest BCUT2D eigenvalue weighted by Crippen LogP contribution is -2.49. The molecule has 2 N–H and O–H groups in total. The van der Waals surface area contributed by atoms with E-state index in [1.807, 2.05) is 0 Å². The Morgan fingerprint density at radius 3 is 2.50 bits per heavy atom. The molecule has 2 aliphatic rings. The van der Waals surface area contributed by atoms with Gasteiger partial charge in [0.1, 0.15) is 23.7 Å². The number of amides is 4. The van der Waals surface area contributed by atoms with Crippen LogP contribution < -0.4 is 10.6 Å². The highest BCUT2D eigenvalue weighted by Gasteiger charge is 2.52. The van der Waals surface area contributed by atoms with Gasteiger partial charge < -0.3 is 10.6 Å². The first-order valence-corrected chi connectivity index (χ1v) is 10.8. The van der Waals surface area contributed by atoms with Crippen LogP contribution in [-0.4, -0.2) is 34.8 Å². The summed E-state index contributed by atoms with van der Waals surface area (Å²) in [7, 11) is 0. The van der Waals surface area contributed by atoms with E-state index in [4.69, 9.17) is 0 Å². The lowest BCUT2D eigenvalue weighted by atomic mass is 9.75. The molecule has 0 radical (unpaired) electrons. The van der Waals surface area contributed by atoms with E-state index in [1.165, 1.54) is 0 Å². The number of anilines is 1. The molecule has 1 saturated heterocycles. The summed E-state index contributed by atoms with van der Waals surface area (Å²) in [5.74, 6) is -2.35. The quantitative estimate of drug-likeness (QED) is 0.673. The van der Waals surface area contributed by atoms with Gasteiger partial charge in [0.25, 0.3) is 5.91 Å². The molecule has 4 amide bonds. The number of imide groups is 1. The molecule has 32 heavy (non-hydrogen) atoms. The molecule has 6 nitrogen and oxygen atoms in total. The lowest BCUT2D eigenvalue weighted by molar-refractivity contribution is -0.135. The molecule has 0 unspecified atom stereocenters. The van der Waals surface area contributed by atoms with Gasteiger partial charge >= 0.3 is 6.03 Å². The largest absolute Gasteiger partial charge is 0.325 e. The van der Waals surface area contributed by atoms with Crippen molar-refractivity contribution in [2.45, 2.75) is 44.6 Å². The van der Waals surface area contributed by atoms with E-state index in [0.717, 1.165) is 30.2 Å². The van der Waals surface area contributed by atoms with Crippen molar-refractivity contribution in [2.75, 3.05) is 11.9 Å². The molecule has 0 bridgehead atoms. The Balaban J connectivity index is 1.51. The van der Waals surface area contributed by atoms with Crippen molar-refractivity contribution in [3.63, 3.8) is 0 Å². The molecule has 1 saturated carbocycles. The fourth-order valence-electron chi connectivity index (χ4n) is 4.61. The maximum Gasteiger partial charge on any atom is 0.325 e. The van der Waals surface area contributed by atoms with Crippen LogP contribution in [0.15, 0.2) is 42.5 Å². The fourth-order valence-corrected chi connectivity index (χ4v) is 4.61. The highest BCUT2D eigenvalue weighted by atomic mass is 19.1. The van der Waals surface area contributed by atoms with Crippen molar-refractivity contribution in [1.82, 2.24) is 10.2 Å². The van der Waals surface area contributed by atoms with Gasteiger partial charge in [-0.15, -0.1) is 0 Å². The third-order valence-corrected chi connectivity index (χ3v) is 6.49. The molecule has 8 heteroatoms. The van der Waals surface area contributed by atoms with E-state index >= 15 is 0 Å². The fraction of sp³-hybridized carbons (Fsp3) is 0.375. The average molecular weight is 441 g/mol. The summed E-state index contributed by atoms with van der Waals surface area (Å²) in [6.07, 6.45) is 3.78. The van der Waals surface area contributed by atoms with Crippen molar-refractivity contribution in [3.05, 3.63) is 54.1 Å². The van der Waals surface area contributed by atoms with Crippen LogP contribution in [0.25, 0.3) is 11.1 Å².